The van der Waals surface area contributed by atoms with Crippen LogP contribution in [0.4, 0.5) is 4.39 Å². The van der Waals surface area contributed by atoms with Crippen molar-refractivity contribution >= 4 is 17.6 Å². The average Bonchev–Trinajstić information content (AvgIpc) is 3.10. The van der Waals surface area contributed by atoms with Crippen LogP contribution in [0.3, 0.4) is 0 Å². The van der Waals surface area contributed by atoms with Crippen LogP contribution in [0.5, 0.6) is 5.75 Å². The smallest absolute Gasteiger partial charge is 0.340 e. The second-order valence-corrected chi connectivity index (χ2v) is 7.22. The van der Waals surface area contributed by atoms with Crippen LogP contribution in [0.2, 0.25) is 5.02 Å². The molecule has 2 aromatic rings. The average molecular weight is 392 g/mol. The molecule has 1 saturated heterocycles. The van der Waals surface area contributed by atoms with Gasteiger partial charge in [-0.15, -0.1) is 0 Å². The molecule has 27 heavy (non-hydrogen) atoms. The van der Waals surface area contributed by atoms with Crippen LogP contribution in [0.1, 0.15) is 34.3 Å². The second kappa shape index (κ2) is 8.72. The minimum Gasteiger partial charge on any atom is -0.490 e. The van der Waals surface area contributed by atoms with E-state index in [1.165, 1.54) is 24.3 Å². The first-order valence-electron chi connectivity index (χ1n) is 8.97. The van der Waals surface area contributed by atoms with Crippen molar-refractivity contribution in [3.63, 3.8) is 0 Å². The minimum atomic E-state index is -0.763. The van der Waals surface area contributed by atoms with E-state index in [4.69, 9.17) is 16.3 Å². The van der Waals surface area contributed by atoms with Gasteiger partial charge in [-0.1, -0.05) is 41.4 Å². The fourth-order valence-corrected chi connectivity index (χ4v) is 3.53. The predicted molar refractivity (Wildman–Crippen MR) is 103 cm³/mol. The molecule has 4 nitrogen and oxygen atoms in total. The number of rotatable bonds is 6. The van der Waals surface area contributed by atoms with E-state index in [2.05, 4.69) is 40.8 Å². The minimum absolute atomic E-state index is 0.194. The molecule has 3 rings (SSSR count). The van der Waals surface area contributed by atoms with Gasteiger partial charge in [0.1, 0.15) is 18.2 Å². The molecule has 6 heteroatoms. The quantitative estimate of drug-likeness (QED) is 0.673. The maximum atomic E-state index is 14.1. The van der Waals surface area contributed by atoms with Crippen molar-refractivity contribution < 1.29 is 18.7 Å². The van der Waals surface area contributed by atoms with Gasteiger partial charge >= 0.3 is 5.97 Å². The molecule has 0 unspecified atom stereocenters. The predicted octanol–water partition coefficient (Wildman–Crippen LogP) is 4.62. The Morgan fingerprint density at radius 1 is 1.30 bits per heavy atom. The lowest BCUT2D eigenvalue weighted by Gasteiger charge is -2.25. The lowest BCUT2D eigenvalue weighted by Crippen LogP contribution is -2.33. The molecule has 0 radical (unpaired) electrons. The van der Waals surface area contributed by atoms with Crippen molar-refractivity contribution in [2.24, 2.45) is 0 Å². The van der Waals surface area contributed by atoms with E-state index >= 15 is 0 Å². The Bertz CT molecular complexity index is 810. The molecule has 1 atom stereocenters. The number of nitrogens with zero attached hydrogens (tertiary/aromatic N) is 1. The number of carbonyl (C=O) groups is 1. The Morgan fingerprint density at radius 2 is 2.04 bits per heavy atom. The number of hydrogen-bond acceptors (Lipinski definition) is 4. The van der Waals surface area contributed by atoms with Gasteiger partial charge in [0, 0.05) is 18.7 Å². The first kappa shape index (κ1) is 19.6. The van der Waals surface area contributed by atoms with E-state index in [0.29, 0.717) is 6.61 Å². The summed E-state index contributed by atoms with van der Waals surface area (Å²) in [6.45, 7) is 4.36. The standard InChI is InChI=1S/C21H23ClFNO3/c1-14-5-7-15(8-6-14)12-24-9-3-4-16(24)13-27-20-11-19(23)17(10-18(20)22)21(25)26-2/h5-8,10-11,16H,3-4,9,12-13H2,1-2H3/t16-/m1/s1. The Morgan fingerprint density at radius 3 is 2.74 bits per heavy atom. The Hall–Kier alpha value is -2.11. The van der Waals surface area contributed by atoms with Crippen molar-refractivity contribution in [2.75, 3.05) is 20.3 Å². The molecule has 2 aromatic carbocycles. The molecule has 144 valence electrons. The van der Waals surface area contributed by atoms with E-state index < -0.39 is 11.8 Å². The molecular formula is C21H23ClFNO3. The Labute approximate surface area is 163 Å². The molecule has 1 fully saturated rings. The van der Waals surface area contributed by atoms with Gasteiger partial charge in [0.2, 0.25) is 0 Å². The lowest BCUT2D eigenvalue weighted by molar-refractivity contribution is 0.0595. The summed E-state index contributed by atoms with van der Waals surface area (Å²) in [5.41, 5.74) is 2.31. The van der Waals surface area contributed by atoms with Gasteiger partial charge in [-0.2, -0.15) is 0 Å². The van der Waals surface area contributed by atoms with Crippen LogP contribution < -0.4 is 4.74 Å². The Kier molecular flexibility index (Phi) is 6.34. The van der Waals surface area contributed by atoms with Gasteiger partial charge in [-0.25, -0.2) is 9.18 Å². The number of aryl methyl sites for hydroxylation is 1. The SMILES string of the molecule is COC(=O)c1cc(Cl)c(OC[C@H]2CCCN2Cc2ccc(C)cc2)cc1F. The van der Waals surface area contributed by atoms with Crippen molar-refractivity contribution in [1.29, 1.82) is 0 Å². The van der Waals surface area contributed by atoms with E-state index in [1.807, 2.05) is 0 Å². The van der Waals surface area contributed by atoms with Gasteiger partial charge in [-0.3, -0.25) is 4.90 Å². The molecule has 1 aliphatic heterocycles. The number of likely N-dealkylation sites (tertiary alicyclic amines) is 1. The molecule has 0 saturated carbocycles. The highest BCUT2D eigenvalue weighted by atomic mass is 35.5. The maximum absolute atomic E-state index is 14.1. The largest absolute Gasteiger partial charge is 0.490 e. The maximum Gasteiger partial charge on any atom is 0.340 e. The van der Waals surface area contributed by atoms with Crippen LogP contribution in [-0.2, 0) is 11.3 Å². The molecule has 0 amide bonds. The third-order valence-corrected chi connectivity index (χ3v) is 5.16. The zero-order valence-corrected chi connectivity index (χ0v) is 16.3. The Balaban J connectivity index is 1.64. The van der Waals surface area contributed by atoms with E-state index in [-0.39, 0.29) is 22.4 Å². The third-order valence-electron chi connectivity index (χ3n) is 4.86. The number of carbonyl (C=O) groups excluding carboxylic acids is 1. The number of ether oxygens (including phenoxy) is 2. The zero-order valence-electron chi connectivity index (χ0n) is 15.5. The summed E-state index contributed by atoms with van der Waals surface area (Å²) in [6, 6.07) is 11.1. The van der Waals surface area contributed by atoms with Gasteiger partial charge in [0.15, 0.2) is 0 Å². The molecule has 0 aliphatic carbocycles. The van der Waals surface area contributed by atoms with E-state index in [1.54, 1.807) is 0 Å². The summed E-state index contributed by atoms with van der Waals surface area (Å²) < 4.78 is 24.5. The molecule has 0 bridgehead atoms. The zero-order chi connectivity index (χ0) is 19.4. The number of benzene rings is 2. The van der Waals surface area contributed by atoms with Crippen molar-refractivity contribution in [2.45, 2.75) is 32.4 Å². The van der Waals surface area contributed by atoms with E-state index in [9.17, 15) is 9.18 Å². The summed E-state index contributed by atoms with van der Waals surface area (Å²) in [6.07, 6.45) is 2.12. The first-order chi connectivity index (χ1) is 13.0. The molecule has 0 spiro atoms. The molecule has 1 heterocycles. The summed E-state index contributed by atoms with van der Waals surface area (Å²) in [5, 5.41) is 0.194. The van der Waals surface area contributed by atoms with Crippen LogP contribution in [0.15, 0.2) is 36.4 Å². The van der Waals surface area contributed by atoms with Crippen LogP contribution in [-0.4, -0.2) is 37.2 Å². The highest BCUT2D eigenvalue weighted by Crippen LogP contribution is 2.29. The van der Waals surface area contributed by atoms with E-state index in [0.717, 1.165) is 32.0 Å². The van der Waals surface area contributed by atoms with Crippen LogP contribution in [0.25, 0.3) is 0 Å². The highest BCUT2D eigenvalue weighted by molar-refractivity contribution is 6.32. The summed E-state index contributed by atoms with van der Waals surface area (Å²) in [7, 11) is 1.20. The van der Waals surface area contributed by atoms with Crippen molar-refractivity contribution in [3.8, 4) is 5.75 Å². The number of hydrogen-bond donors (Lipinski definition) is 0. The van der Waals surface area contributed by atoms with Crippen LogP contribution >= 0.6 is 11.6 Å². The number of methoxy groups -OCH3 is 1. The second-order valence-electron chi connectivity index (χ2n) is 6.82. The molecule has 0 aromatic heterocycles. The normalized spacial score (nSPS) is 17.1. The van der Waals surface area contributed by atoms with Gasteiger partial charge in [-0.05, 0) is 37.9 Å². The lowest BCUT2D eigenvalue weighted by atomic mass is 10.1. The molecule has 1 aliphatic rings. The van der Waals surface area contributed by atoms with Gasteiger partial charge in [0.25, 0.3) is 0 Å². The van der Waals surface area contributed by atoms with Gasteiger partial charge in [0.05, 0.1) is 17.7 Å². The third kappa shape index (κ3) is 4.79. The molecular weight excluding hydrogens is 369 g/mol. The monoisotopic (exact) mass is 391 g/mol. The number of esters is 1. The number of halogens is 2. The van der Waals surface area contributed by atoms with Gasteiger partial charge < -0.3 is 9.47 Å². The summed E-state index contributed by atoms with van der Waals surface area (Å²) >= 11 is 6.16. The summed E-state index contributed by atoms with van der Waals surface area (Å²) in [5.74, 6) is -1.23. The molecule has 0 N–H and O–H groups in total. The highest BCUT2D eigenvalue weighted by Gasteiger charge is 2.26. The fraction of sp³-hybridized carbons (Fsp3) is 0.381. The van der Waals surface area contributed by atoms with Crippen LogP contribution in [0, 0.1) is 12.7 Å². The fourth-order valence-electron chi connectivity index (χ4n) is 3.31. The van der Waals surface area contributed by atoms with Crippen molar-refractivity contribution in [1.82, 2.24) is 4.90 Å². The summed E-state index contributed by atoms with van der Waals surface area (Å²) in [4.78, 5) is 13.9. The topological polar surface area (TPSA) is 38.8 Å². The first-order valence-corrected chi connectivity index (χ1v) is 9.35. The van der Waals surface area contributed by atoms with Crippen molar-refractivity contribution in [3.05, 3.63) is 63.9 Å².